The topological polar surface area (TPSA) is 47.6 Å². The Morgan fingerprint density at radius 3 is 2.70 bits per heavy atom. The molecule has 4 heteroatoms. The van der Waals surface area contributed by atoms with Gasteiger partial charge in [-0.15, -0.1) is 0 Å². The minimum Gasteiger partial charge on any atom is -0.464 e. The second kappa shape index (κ2) is 7.01. The number of carbonyl (C=O) groups excluding carboxylic acids is 1. The van der Waals surface area contributed by atoms with Gasteiger partial charge in [0.2, 0.25) is 0 Å². The Morgan fingerprint density at radius 1 is 1.13 bits per heavy atom. The van der Waals surface area contributed by atoms with Gasteiger partial charge in [-0.2, -0.15) is 0 Å². The van der Waals surface area contributed by atoms with Crippen LogP contribution >= 0.6 is 0 Å². The van der Waals surface area contributed by atoms with E-state index in [0.717, 1.165) is 22.6 Å². The van der Waals surface area contributed by atoms with E-state index in [1.165, 1.54) is 0 Å². The molecular weight excluding hydrogens is 290 g/mol. The van der Waals surface area contributed by atoms with Crippen molar-refractivity contribution in [2.45, 2.75) is 19.4 Å². The molecule has 0 bridgehead atoms. The lowest BCUT2D eigenvalue weighted by Gasteiger charge is -2.10. The molecule has 0 amide bonds. The number of para-hydroxylation sites is 1. The van der Waals surface area contributed by atoms with Gasteiger partial charge in [-0.3, -0.25) is 0 Å². The maximum Gasteiger partial charge on any atom is 0.328 e. The number of carbonyl (C=O) groups is 1. The van der Waals surface area contributed by atoms with E-state index in [0.29, 0.717) is 13.0 Å². The number of ether oxygens (including phenoxy) is 2. The number of hydrogen-bond donors (Lipinski definition) is 1. The summed E-state index contributed by atoms with van der Waals surface area (Å²) in [7, 11) is 0. The molecule has 0 spiro atoms. The highest BCUT2D eigenvalue weighted by Crippen LogP contribution is 2.29. The first-order valence-corrected chi connectivity index (χ1v) is 7.71. The third-order valence-electron chi connectivity index (χ3n) is 3.64. The molecule has 0 fully saturated rings. The van der Waals surface area contributed by atoms with Crippen molar-refractivity contribution in [2.75, 3.05) is 6.61 Å². The lowest BCUT2D eigenvalue weighted by atomic mass is 10.0. The fraction of sp³-hybridized carbons (Fsp3) is 0.211. The Morgan fingerprint density at radius 2 is 1.91 bits per heavy atom. The fourth-order valence-corrected chi connectivity index (χ4v) is 2.52. The number of hydrogen-bond acceptors (Lipinski definition) is 4. The Balaban J connectivity index is 1.70. The third kappa shape index (κ3) is 3.72. The number of esters is 1. The van der Waals surface area contributed by atoms with E-state index >= 15 is 0 Å². The molecule has 118 valence electrons. The molecule has 1 N–H and O–H groups in total. The molecule has 1 heterocycles. The van der Waals surface area contributed by atoms with Crippen molar-refractivity contribution in [3.8, 4) is 11.5 Å². The molecule has 2 aromatic rings. The van der Waals surface area contributed by atoms with Crippen LogP contribution in [0.3, 0.4) is 0 Å². The maximum atomic E-state index is 11.8. The molecule has 4 nitrogen and oxygen atoms in total. The molecule has 2 aromatic carbocycles. The zero-order valence-electron chi connectivity index (χ0n) is 13.0. The third-order valence-corrected chi connectivity index (χ3v) is 3.64. The molecule has 3 rings (SSSR count). The highest BCUT2D eigenvalue weighted by molar-refractivity contribution is 5.82. The lowest BCUT2D eigenvalue weighted by Crippen LogP contribution is -2.31. The molecule has 1 aliphatic heterocycles. The molecule has 1 aliphatic rings. The Kier molecular flexibility index (Phi) is 4.62. The first kappa shape index (κ1) is 15.2. The van der Waals surface area contributed by atoms with Crippen LogP contribution in [0.25, 0.3) is 5.57 Å². The second-order valence-electron chi connectivity index (χ2n) is 5.29. The highest BCUT2D eigenvalue weighted by Gasteiger charge is 2.25. The van der Waals surface area contributed by atoms with Crippen LogP contribution in [0.2, 0.25) is 0 Å². The summed E-state index contributed by atoms with van der Waals surface area (Å²) in [5, 5.41) is 3.08. The molecule has 0 radical (unpaired) electrons. The van der Waals surface area contributed by atoms with E-state index in [4.69, 9.17) is 9.47 Å². The normalized spacial score (nSPS) is 16.4. The lowest BCUT2D eigenvalue weighted by molar-refractivity contribution is -0.145. The van der Waals surface area contributed by atoms with Gasteiger partial charge in [0.05, 0.1) is 6.61 Å². The minimum atomic E-state index is -0.302. The van der Waals surface area contributed by atoms with Crippen LogP contribution in [0, 0.1) is 0 Å². The monoisotopic (exact) mass is 309 g/mol. The molecule has 0 saturated carbocycles. The molecule has 0 aromatic heterocycles. The smallest absolute Gasteiger partial charge is 0.328 e. The Hall–Kier alpha value is -2.75. The maximum absolute atomic E-state index is 11.8. The van der Waals surface area contributed by atoms with Crippen molar-refractivity contribution < 1.29 is 14.3 Å². The van der Waals surface area contributed by atoms with E-state index in [1.54, 1.807) is 0 Å². The van der Waals surface area contributed by atoms with E-state index < -0.39 is 0 Å². The van der Waals surface area contributed by atoms with Gasteiger partial charge in [0.15, 0.2) is 0 Å². The fourth-order valence-electron chi connectivity index (χ4n) is 2.52. The van der Waals surface area contributed by atoms with Crippen LogP contribution in [0.1, 0.15) is 18.9 Å². The van der Waals surface area contributed by atoms with E-state index in [9.17, 15) is 4.79 Å². The van der Waals surface area contributed by atoms with Crippen molar-refractivity contribution in [1.82, 2.24) is 5.32 Å². The van der Waals surface area contributed by atoms with Gasteiger partial charge in [0.25, 0.3) is 0 Å². The van der Waals surface area contributed by atoms with Crippen molar-refractivity contribution in [3.05, 3.63) is 66.4 Å². The van der Waals surface area contributed by atoms with Crippen LogP contribution in [-0.2, 0) is 9.53 Å². The van der Waals surface area contributed by atoms with E-state index in [2.05, 4.69) is 5.32 Å². The Labute approximate surface area is 135 Å². The molecule has 0 aliphatic carbocycles. The quantitative estimate of drug-likeness (QED) is 0.855. The van der Waals surface area contributed by atoms with Crippen LogP contribution in [0.4, 0.5) is 0 Å². The molecule has 1 unspecified atom stereocenters. The highest BCUT2D eigenvalue weighted by atomic mass is 16.5. The van der Waals surface area contributed by atoms with Crippen LogP contribution in [0.5, 0.6) is 11.5 Å². The van der Waals surface area contributed by atoms with Crippen LogP contribution in [-0.4, -0.2) is 18.6 Å². The SMILES string of the molecule is CCOC(=O)C1CC(c2cccc(Oc3ccccc3)c2)=CN1. The molecule has 1 atom stereocenters. The van der Waals surface area contributed by atoms with Crippen LogP contribution < -0.4 is 10.1 Å². The minimum absolute atomic E-state index is 0.213. The van der Waals surface area contributed by atoms with Gasteiger partial charge in [-0.1, -0.05) is 30.3 Å². The van der Waals surface area contributed by atoms with Crippen molar-refractivity contribution in [2.24, 2.45) is 0 Å². The summed E-state index contributed by atoms with van der Waals surface area (Å²) >= 11 is 0. The van der Waals surface area contributed by atoms with Gasteiger partial charge in [0, 0.05) is 12.6 Å². The summed E-state index contributed by atoms with van der Waals surface area (Å²) in [5.41, 5.74) is 2.11. The zero-order chi connectivity index (χ0) is 16.1. The van der Waals surface area contributed by atoms with Crippen LogP contribution in [0.15, 0.2) is 60.8 Å². The zero-order valence-corrected chi connectivity index (χ0v) is 13.0. The van der Waals surface area contributed by atoms with Crippen molar-refractivity contribution in [1.29, 1.82) is 0 Å². The molecule has 0 saturated heterocycles. The van der Waals surface area contributed by atoms with Gasteiger partial charge in [0.1, 0.15) is 17.5 Å². The largest absolute Gasteiger partial charge is 0.464 e. The molecule has 23 heavy (non-hydrogen) atoms. The first-order valence-electron chi connectivity index (χ1n) is 7.71. The van der Waals surface area contributed by atoms with Gasteiger partial charge >= 0.3 is 5.97 Å². The average Bonchev–Trinajstić information content (AvgIpc) is 3.06. The summed E-state index contributed by atoms with van der Waals surface area (Å²) in [6.07, 6.45) is 2.50. The van der Waals surface area contributed by atoms with Crippen molar-refractivity contribution >= 4 is 11.5 Å². The average molecular weight is 309 g/mol. The Bertz CT molecular complexity index is 710. The molecular formula is C19H19NO3. The van der Waals surface area contributed by atoms with E-state index in [1.807, 2.05) is 67.7 Å². The predicted molar refractivity (Wildman–Crippen MR) is 89.1 cm³/mol. The summed E-state index contributed by atoms with van der Waals surface area (Å²) < 4.78 is 10.9. The van der Waals surface area contributed by atoms with Gasteiger partial charge in [-0.05, 0) is 42.3 Å². The second-order valence-corrected chi connectivity index (χ2v) is 5.29. The number of rotatable bonds is 5. The number of nitrogens with one attached hydrogen (secondary N) is 1. The summed E-state index contributed by atoms with van der Waals surface area (Å²) in [5.74, 6) is 1.36. The van der Waals surface area contributed by atoms with Gasteiger partial charge in [-0.25, -0.2) is 4.79 Å². The summed E-state index contributed by atoms with van der Waals surface area (Å²) in [6, 6.07) is 17.2. The predicted octanol–water partition coefficient (Wildman–Crippen LogP) is 3.74. The number of benzene rings is 2. The van der Waals surface area contributed by atoms with E-state index in [-0.39, 0.29) is 12.0 Å². The summed E-state index contributed by atoms with van der Waals surface area (Å²) in [4.78, 5) is 11.8. The van der Waals surface area contributed by atoms with Gasteiger partial charge < -0.3 is 14.8 Å². The standard InChI is InChI=1S/C19H19NO3/c1-2-22-19(21)18-12-15(13-20-18)14-7-6-10-17(11-14)23-16-8-4-3-5-9-16/h3-11,13,18,20H,2,12H2,1H3. The summed E-state index contributed by atoms with van der Waals surface area (Å²) in [6.45, 7) is 2.21. The first-order chi connectivity index (χ1) is 11.3. The van der Waals surface area contributed by atoms with Crippen molar-refractivity contribution in [3.63, 3.8) is 0 Å².